The van der Waals surface area contributed by atoms with Gasteiger partial charge < -0.3 is 15.2 Å². The maximum absolute atomic E-state index is 9.31. The van der Waals surface area contributed by atoms with E-state index < -0.39 is 0 Å². The Morgan fingerprint density at radius 2 is 2.00 bits per heavy atom. The van der Waals surface area contributed by atoms with Gasteiger partial charge in [0.15, 0.2) is 0 Å². The van der Waals surface area contributed by atoms with Crippen molar-refractivity contribution in [1.82, 2.24) is 5.32 Å². The molecule has 0 saturated carbocycles. The number of nitrogens with one attached hydrogen (secondary N) is 1. The van der Waals surface area contributed by atoms with Crippen LogP contribution >= 0.6 is 0 Å². The molecule has 0 amide bonds. The van der Waals surface area contributed by atoms with Crippen LogP contribution in [0.2, 0.25) is 0 Å². The summed E-state index contributed by atoms with van der Waals surface area (Å²) in [6.45, 7) is 1.97. The van der Waals surface area contributed by atoms with Gasteiger partial charge in [0.2, 0.25) is 0 Å². The van der Waals surface area contributed by atoms with Crippen molar-refractivity contribution < 1.29 is 9.84 Å². The Balaban J connectivity index is 1.55. The second-order valence-electron chi connectivity index (χ2n) is 6.24. The molecule has 1 aliphatic carbocycles. The molecule has 1 atom stereocenters. The molecule has 0 radical (unpaired) electrons. The number of phenols is 1. The summed E-state index contributed by atoms with van der Waals surface area (Å²) in [6, 6.07) is 13.9. The van der Waals surface area contributed by atoms with Gasteiger partial charge in [0.25, 0.3) is 0 Å². The molecule has 0 unspecified atom stereocenters. The maximum Gasteiger partial charge on any atom is 0.122 e. The molecule has 2 aromatic rings. The molecule has 3 rings (SSSR count). The average molecular weight is 311 g/mol. The van der Waals surface area contributed by atoms with E-state index in [0.717, 1.165) is 31.7 Å². The molecule has 0 fully saturated rings. The van der Waals surface area contributed by atoms with Gasteiger partial charge in [-0.25, -0.2) is 0 Å². The Morgan fingerprint density at radius 1 is 1.17 bits per heavy atom. The van der Waals surface area contributed by atoms with Crippen molar-refractivity contribution in [1.29, 1.82) is 0 Å². The van der Waals surface area contributed by atoms with Gasteiger partial charge in [-0.1, -0.05) is 24.3 Å². The first-order chi connectivity index (χ1) is 11.3. The number of rotatable bonds is 6. The quantitative estimate of drug-likeness (QED) is 0.800. The SMILES string of the molecule is COc1cccc2c1CCC[C@@H]2CNCCc1ccc(O)cc1. The zero-order chi connectivity index (χ0) is 16.1. The molecular weight excluding hydrogens is 286 g/mol. The molecule has 0 aliphatic heterocycles. The summed E-state index contributed by atoms with van der Waals surface area (Å²) in [5.74, 6) is 1.94. The van der Waals surface area contributed by atoms with Crippen LogP contribution in [0.3, 0.4) is 0 Å². The first-order valence-electron chi connectivity index (χ1n) is 8.42. The van der Waals surface area contributed by atoms with E-state index in [9.17, 15) is 5.11 Å². The Morgan fingerprint density at radius 3 is 2.78 bits per heavy atom. The molecule has 1 aliphatic rings. The fourth-order valence-electron chi connectivity index (χ4n) is 3.49. The topological polar surface area (TPSA) is 41.5 Å². The Hall–Kier alpha value is -2.00. The summed E-state index contributed by atoms with van der Waals surface area (Å²) in [5.41, 5.74) is 4.10. The summed E-state index contributed by atoms with van der Waals surface area (Å²) in [6.07, 6.45) is 4.59. The van der Waals surface area contributed by atoms with Crippen LogP contribution in [-0.2, 0) is 12.8 Å². The first kappa shape index (κ1) is 15.9. The van der Waals surface area contributed by atoms with Gasteiger partial charge >= 0.3 is 0 Å². The highest BCUT2D eigenvalue weighted by Crippen LogP contribution is 2.36. The van der Waals surface area contributed by atoms with Crippen LogP contribution in [-0.4, -0.2) is 25.3 Å². The zero-order valence-corrected chi connectivity index (χ0v) is 13.7. The smallest absolute Gasteiger partial charge is 0.122 e. The molecule has 0 bridgehead atoms. The van der Waals surface area contributed by atoms with Crippen molar-refractivity contribution in [2.45, 2.75) is 31.6 Å². The summed E-state index contributed by atoms with van der Waals surface area (Å²) in [4.78, 5) is 0. The molecule has 0 spiro atoms. The lowest BCUT2D eigenvalue weighted by Gasteiger charge is -2.27. The third-order valence-electron chi connectivity index (χ3n) is 4.73. The maximum atomic E-state index is 9.31. The molecule has 2 aromatic carbocycles. The molecule has 23 heavy (non-hydrogen) atoms. The summed E-state index contributed by atoms with van der Waals surface area (Å²) >= 11 is 0. The first-order valence-corrected chi connectivity index (χ1v) is 8.42. The Kier molecular flexibility index (Phi) is 5.19. The van der Waals surface area contributed by atoms with Crippen LogP contribution in [0.1, 0.15) is 35.4 Å². The second kappa shape index (κ2) is 7.51. The number of methoxy groups -OCH3 is 1. The Labute approximate surface area is 138 Å². The fraction of sp³-hybridized carbons (Fsp3) is 0.400. The van der Waals surface area contributed by atoms with E-state index in [1.165, 1.54) is 29.5 Å². The second-order valence-corrected chi connectivity index (χ2v) is 6.24. The van der Waals surface area contributed by atoms with Crippen molar-refractivity contribution in [2.24, 2.45) is 0 Å². The lowest BCUT2D eigenvalue weighted by atomic mass is 9.82. The minimum absolute atomic E-state index is 0.328. The monoisotopic (exact) mass is 311 g/mol. The normalized spacial score (nSPS) is 16.8. The van der Waals surface area contributed by atoms with Crippen LogP contribution in [0.5, 0.6) is 11.5 Å². The van der Waals surface area contributed by atoms with E-state index in [1.54, 1.807) is 19.2 Å². The molecule has 3 nitrogen and oxygen atoms in total. The van der Waals surface area contributed by atoms with Crippen LogP contribution in [0.15, 0.2) is 42.5 Å². The average Bonchev–Trinajstić information content (AvgIpc) is 2.59. The lowest BCUT2D eigenvalue weighted by molar-refractivity contribution is 0.401. The van der Waals surface area contributed by atoms with E-state index in [1.807, 2.05) is 12.1 Å². The zero-order valence-electron chi connectivity index (χ0n) is 13.7. The standard InChI is InChI=1S/C20H25NO2/c1-23-20-7-3-5-18-16(4-2-6-19(18)20)14-21-13-12-15-8-10-17(22)11-9-15/h3,5,7-11,16,21-22H,2,4,6,12-14H2,1H3/t16-/m1/s1. The van der Waals surface area contributed by atoms with Gasteiger partial charge in [0.05, 0.1) is 7.11 Å². The van der Waals surface area contributed by atoms with Crippen LogP contribution in [0.4, 0.5) is 0 Å². The molecular formula is C20H25NO2. The largest absolute Gasteiger partial charge is 0.508 e. The highest BCUT2D eigenvalue weighted by molar-refractivity contribution is 5.43. The minimum atomic E-state index is 0.328. The predicted molar refractivity (Wildman–Crippen MR) is 93.4 cm³/mol. The highest BCUT2D eigenvalue weighted by Gasteiger charge is 2.22. The molecule has 3 heteroatoms. The number of hydrogen-bond acceptors (Lipinski definition) is 3. The summed E-state index contributed by atoms with van der Waals surface area (Å²) < 4.78 is 5.51. The van der Waals surface area contributed by atoms with Crippen molar-refractivity contribution in [2.75, 3.05) is 20.2 Å². The molecule has 122 valence electrons. The molecule has 0 aromatic heterocycles. The number of benzene rings is 2. The molecule has 2 N–H and O–H groups in total. The van der Waals surface area contributed by atoms with E-state index in [0.29, 0.717) is 11.7 Å². The third kappa shape index (κ3) is 3.85. The fourth-order valence-corrected chi connectivity index (χ4v) is 3.49. The van der Waals surface area contributed by atoms with Gasteiger partial charge in [0, 0.05) is 6.54 Å². The lowest BCUT2D eigenvalue weighted by Crippen LogP contribution is -2.26. The van der Waals surface area contributed by atoms with E-state index in [2.05, 4.69) is 23.5 Å². The van der Waals surface area contributed by atoms with E-state index in [-0.39, 0.29) is 0 Å². The van der Waals surface area contributed by atoms with Crippen LogP contribution < -0.4 is 10.1 Å². The predicted octanol–water partition coefficient (Wildman–Crippen LogP) is 3.65. The third-order valence-corrected chi connectivity index (χ3v) is 4.73. The van der Waals surface area contributed by atoms with Crippen LogP contribution in [0, 0.1) is 0 Å². The summed E-state index contributed by atoms with van der Waals surface area (Å²) in [5, 5.41) is 12.9. The Bertz CT molecular complexity index is 637. The molecule has 0 saturated heterocycles. The molecule has 0 heterocycles. The number of phenolic OH excluding ortho intramolecular Hbond substituents is 1. The highest BCUT2D eigenvalue weighted by atomic mass is 16.5. The number of ether oxygens (including phenoxy) is 1. The number of fused-ring (bicyclic) bond motifs is 1. The van der Waals surface area contributed by atoms with Crippen molar-refractivity contribution in [3.05, 3.63) is 59.2 Å². The van der Waals surface area contributed by atoms with E-state index in [4.69, 9.17) is 4.74 Å². The van der Waals surface area contributed by atoms with Crippen LogP contribution in [0.25, 0.3) is 0 Å². The number of hydrogen-bond donors (Lipinski definition) is 2. The number of aromatic hydroxyl groups is 1. The van der Waals surface area contributed by atoms with Gasteiger partial charge in [-0.15, -0.1) is 0 Å². The van der Waals surface area contributed by atoms with Crippen molar-refractivity contribution in [3.8, 4) is 11.5 Å². The van der Waals surface area contributed by atoms with Gasteiger partial charge in [-0.2, -0.15) is 0 Å². The minimum Gasteiger partial charge on any atom is -0.508 e. The van der Waals surface area contributed by atoms with E-state index >= 15 is 0 Å². The van der Waals surface area contributed by atoms with Crippen molar-refractivity contribution in [3.63, 3.8) is 0 Å². The summed E-state index contributed by atoms with van der Waals surface area (Å²) in [7, 11) is 1.76. The van der Waals surface area contributed by atoms with Gasteiger partial charge in [-0.3, -0.25) is 0 Å². The van der Waals surface area contributed by atoms with Gasteiger partial charge in [0.1, 0.15) is 11.5 Å². The van der Waals surface area contributed by atoms with Gasteiger partial charge in [-0.05, 0) is 73.0 Å². The van der Waals surface area contributed by atoms with Crippen molar-refractivity contribution >= 4 is 0 Å².